The molecule has 0 bridgehead atoms. The van der Waals surface area contributed by atoms with Crippen molar-refractivity contribution in [2.75, 3.05) is 18.0 Å². The number of benzene rings is 1. The molecule has 1 fully saturated rings. The standard InChI is InChI=1S/C13H20N2/c1-10-6-7-15(9-10)13-11(2)4-3-5-12(13)8-14/h3-5,10H,6-9,14H2,1-2H3. The van der Waals surface area contributed by atoms with Crippen molar-refractivity contribution in [1.82, 2.24) is 0 Å². The van der Waals surface area contributed by atoms with Gasteiger partial charge in [0.15, 0.2) is 0 Å². The highest BCUT2D eigenvalue weighted by atomic mass is 15.2. The first-order valence-electron chi connectivity index (χ1n) is 5.76. The van der Waals surface area contributed by atoms with Crippen molar-refractivity contribution in [3.63, 3.8) is 0 Å². The minimum Gasteiger partial charge on any atom is -0.371 e. The maximum Gasteiger partial charge on any atom is 0.0441 e. The van der Waals surface area contributed by atoms with Gasteiger partial charge in [0, 0.05) is 25.3 Å². The fourth-order valence-electron chi connectivity index (χ4n) is 2.48. The maximum absolute atomic E-state index is 5.80. The molecule has 0 aliphatic carbocycles. The molecule has 2 rings (SSSR count). The van der Waals surface area contributed by atoms with Crippen molar-refractivity contribution in [2.24, 2.45) is 11.7 Å². The van der Waals surface area contributed by atoms with E-state index in [1.54, 1.807) is 0 Å². The maximum atomic E-state index is 5.80. The van der Waals surface area contributed by atoms with Crippen LogP contribution in [0.1, 0.15) is 24.5 Å². The number of nitrogens with two attached hydrogens (primary N) is 1. The highest BCUT2D eigenvalue weighted by Gasteiger charge is 2.21. The monoisotopic (exact) mass is 204 g/mol. The third-order valence-corrected chi connectivity index (χ3v) is 3.28. The van der Waals surface area contributed by atoms with Crippen LogP contribution in [0, 0.1) is 12.8 Å². The molecule has 1 aromatic rings. The van der Waals surface area contributed by atoms with Gasteiger partial charge in [0.1, 0.15) is 0 Å². The summed E-state index contributed by atoms with van der Waals surface area (Å²) in [5.74, 6) is 0.815. The Kier molecular flexibility index (Phi) is 2.96. The summed E-state index contributed by atoms with van der Waals surface area (Å²) < 4.78 is 0. The van der Waals surface area contributed by atoms with E-state index >= 15 is 0 Å². The third-order valence-electron chi connectivity index (χ3n) is 3.28. The summed E-state index contributed by atoms with van der Waals surface area (Å²) in [5.41, 5.74) is 9.81. The Morgan fingerprint density at radius 2 is 2.27 bits per heavy atom. The van der Waals surface area contributed by atoms with Gasteiger partial charge in [0.2, 0.25) is 0 Å². The Balaban J connectivity index is 2.33. The Bertz CT molecular complexity index is 346. The first-order valence-corrected chi connectivity index (χ1v) is 5.76. The molecule has 0 radical (unpaired) electrons. The van der Waals surface area contributed by atoms with Gasteiger partial charge in [-0.05, 0) is 30.4 Å². The smallest absolute Gasteiger partial charge is 0.0441 e. The van der Waals surface area contributed by atoms with Gasteiger partial charge in [0.25, 0.3) is 0 Å². The van der Waals surface area contributed by atoms with Crippen LogP contribution in [0.4, 0.5) is 5.69 Å². The third kappa shape index (κ3) is 2.00. The van der Waals surface area contributed by atoms with E-state index in [4.69, 9.17) is 5.73 Å². The molecule has 1 unspecified atom stereocenters. The van der Waals surface area contributed by atoms with Crippen molar-refractivity contribution in [2.45, 2.75) is 26.8 Å². The van der Waals surface area contributed by atoms with Crippen molar-refractivity contribution in [1.29, 1.82) is 0 Å². The van der Waals surface area contributed by atoms with E-state index in [2.05, 4.69) is 36.9 Å². The zero-order valence-electron chi connectivity index (χ0n) is 9.66. The van der Waals surface area contributed by atoms with Gasteiger partial charge in [-0.2, -0.15) is 0 Å². The number of rotatable bonds is 2. The van der Waals surface area contributed by atoms with Crippen molar-refractivity contribution >= 4 is 5.69 Å². The molecule has 82 valence electrons. The van der Waals surface area contributed by atoms with Crippen molar-refractivity contribution < 1.29 is 0 Å². The van der Waals surface area contributed by atoms with Crippen LogP contribution in [0.2, 0.25) is 0 Å². The average Bonchev–Trinajstić information content (AvgIpc) is 2.64. The van der Waals surface area contributed by atoms with E-state index in [-0.39, 0.29) is 0 Å². The van der Waals surface area contributed by atoms with Crippen LogP contribution < -0.4 is 10.6 Å². The van der Waals surface area contributed by atoms with Crippen LogP contribution >= 0.6 is 0 Å². The van der Waals surface area contributed by atoms with E-state index in [0.717, 1.165) is 5.92 Å². The topological polar surface area (TPSA) is 29.3 Å². The van der Waals surface area contributed by atoms with E-state index in [1.165, 1.54) is 36.3 Å². The van der Waals surface area contributed by atoms with E-state index in [9.17, 15) is 0 Å². The molecule has 0 aromatic heterocycles. The van der Waals surface area contributed by atoms with Crippen LogP contribution in [0.15, 0.2) is 18.2 Å². The molecule has 0 amide bonds. The van der Waals surface area contributed by atoms with Gasteiger partial charge in [-0.15, -0.1) is 0 Å². The molecule has 15 heavy (non-hydrogen) atoms. The lowest BCUT2D eigenvalue weighted by atomic mass is 10.1. The SMILES string of the molecule is Cc1cccc(CN)c1N1CCC(C)C1. The molecule has 1 heterocycles. The second kappa shape index (κ2) is 4.23. The van der Waals surface area contributed by atoms with Gasteiger partial charge < -0.3 is 10.6 Å². The highest BCUT2D eigenvalue weighted by Crippen LogP contribution is 2.29. The molecule has 1 aromatic carbocycles. The second-order valence-electron chi connectivity index (χ2n) is 4.63. The number of nitrogens with zero attached hydrogens (tertiary/aromatic N) is 1. The van der Waals surface area contributed by atoms with Gasteiger partial charge in [-0.1, -0.05) is 25.1 Å². The van der Waals surface area contributed by atoms with Crippen LogP contribution in [-0.4, -0.2) is 13.1 Å². The van der Waals surface area contributed by atoms with Gasteiger partial charge in [0.05, 0.1) is 0 Å². The fourth-order valence-corrected chi connectivity index (χ4v) is 2.48. The Hall–Kier alpha value is -1.02. The molecule has 1 saturated heterocycles. The van der Waals surface area contributed by atoms with Gasteiger partial charge in [-0.3, -0.25) is 0 Å². The number of hydrogen-bond donors (Lipinski definition) is 1. The van der Waals surface area contributed by atoms with Crippen LogP contribution in [-0.2, 0) is 6.54 Å². The minimum absolute atomic E-state index is 0.641. The Labute approximate surface area is 92.1 Å². The predicted octanol–water partition coefficient (Wildman–Crippen LogP) is 2.30. The molecule has 0 spiro atoms. The lowest BCUT2D eigenvalue weighted by molar-refractivity contribution is 0.659. The summed E-state index contributed by atoms with van der Waals surface area (Å²) in [5, 5.41) is 0. The average molecular weight is 204 g/mol. The van der Waals surface area contributed by atoms with Crippen molar-refractivity contribution in [3.05, 3.63) is 29.3 Å². The van der Waals surface area contributed by atoms with Crippen molar-refractivity contribution in [3.8, 4) is 0 Å². The van der Waals surface area contributed by atoms with E-state index in [1.807, 2.05) is 0 Å². The molecule has 2 nitrogen and oxygen atoms in total. The van der Waals surface area contributed by atoms with Gasteiger partial charge >= 0.3 is 0 Å². The molecule has 2 N–H and O–H groups in total. The van der Waals surface area contributed by atoms with Crippen LogP contribution in [0.25, 0.3) is 0 Å². The highest BCUT2D eigenvalue weighted by molar-refractivity contribution is 5.59. The fraction of sp³-hybridized carbons (Fsp3) is 0.538. The molecule has 2 heteroatoms. The molecule has 0 saturated carbocycles. The zero-order valence-corrected chi connectivity index (χ0v) is 9.66. The second-order valence-corrected chi connectivity index (χ2v) is 4.63. The first kappa shape index (κ1) is 10.5. The first-order chi connectivity index (χ1) is 7.22. The molecular weight excluding hydrogens is 184 g/mol. The van der Waals surface area contributed by atoms with Crippen LogP contribution in [0.3, 0.4) is 0 Å². The molecule has 1 aliphatic rings. The molecule has 1 aliphatic heterocycles. The summed E-state index contributed by atoms with van der Waals surface area (Å²) in [4.78, 5) is 2.49. The van der Waals surface area contributed by atoms with Gasteiger partial charge in [-0.25, -0.2) is 0 Å². The predicted molar refractivity (Wildman–Crippen MR) is 65.1 cm³/mol. The summed E-state index contributed by atoms with van der Waals surface area (Å²) in [6.07, 6.45) is 1.30. The number of para-hydroxylation sites is 1. The van der Waals surface area contributed by atoms with Crippen LogP contribution in [0.5, 0.6) is 0 Å². The Morgan fingerprint density at radius 1 is 1.47 bits per heavy atom. The summed E-state index contributed by atoms with van der Waals surface area (Å²) >= 11 is 0. The quantitative estimate of drug-likeness (QED) is 0.801. The Morgan fingerprint density at radius 3 is 2.87 bits per heavy atom. The number of aryl methyl sites for hydroxylation is 1. The number of anilines is 1. The normalized spacial score (nSPS) is 21.0. The zero-order chi connectivity index (χ0) is 10.8. The lowest BCUT2D eigenvalue weighted by Crippen LogP contribution is -2.22. The minimum atomic E-state index is 0.641. The van der Waals surface area contributed by atoms with E-state index in [0.29, 0.717) is 6.54 Å². The summed E-state index contributed by atoms with van der Waals surface area (Å²) in [6, 6.07) is 6.42. The lowest BCUT2D eigenvalue weighted by Gasteiger charge is -2.23. The molecule has 1 atom stereocenters. The largest absolute Gasteiger partial charge is 0.371 e. The molecular formula is C13H20N2. The van der Waals surface area contributed by atoms with E-state index < -0.39 is 0 Å². The summed E-state index contributed by atoms with van der Waals surface area (Å²) in [7, 11) is 0. The number of hydrogen-bond acceptors (Lipinski definition) is 2. The summed E-state index contributed by atoms with van der Waals surface area (Å²) in [6.45, 7) is 7.50.